The first-order chi connectivity index (χ1) is 14.8. The quantitative estimate of drug-likeness (QED) is 0.357. The summed E-state index contributed by atoms with van der Waals surface area (Å²) in [5.74, 6) is -0.844. The lowest BCUT2D eigenvalue weighted by molar-refractivity contribution is -0.111. The van der Waals surface area contributed by atoms with Crippen LogP contribution in [-0.2, 0) is 9.53 Å². The fraction of sp³-hybridized carbons (Fsp3) is 0.200. The first kappa shape index (κ1) is 22.4. The van der Waals surface area contributed by atoms with Crippen molar-refractivity contribution in [3.8, 4) is 11.1 Å². The van der Waals surface area contributed by atoms with Crippen LogP contribution in [0, 0.1) is 12.7 Å². The van der Waals surface area contributed by atoms with Gasteiger partial charge >= 0.3 is 5.97 Å². The number of nitrogens with one attached hydrogen (secondary N) is 1. The van der Waals surface area contributed by atoms with Gasteiger partial charge in [-0.05, 0) is 47.7 Å². The Kier molecular flexibility index (Phi) is 7.02. The fourth-order valence-corrected chi connectivity index (χ4v) is 4.28. The number of thiophene rings is 1. The molecular weight excluding hydrogens is 413 g/mol. The van der Waals surface area contributed by atoms with Crippen LogP contribution in [0.15, 0.2) is 54.6 Å². The van der Waals surface area contributed by atoms with E-state index >= 15 is 0 Å². The van der Waals surface area contributed by atoms with Gasteiger partial charge in [-0.3, -0.25) is 4.79 Å². The Morgan fingerprint density at radius 1 is 1.06 bits per heavy atom. The third-order valence-electron chi connectivity index (χ3n) is 4.87. The largest absolute Gasteiger partial charge is 0.465 e. The van der Waals surface area contributed by atoms with Crippen LogP contribution in [-0.4, -0.2) is 19.0 Å². The highest BCUT2D eigenvalue weighted by molar-refractivity contribution is 7.17. The smallest absolute Gasteiger partial charge is 0.341 e. The number of hydrogen-bond acceptors (Lipinski definition) is 4. The highest BCUT2D eigenvalue weighted by atomic mass is 32.1. The van der Waals surface area contributed by atoms with Gasteiger partial charge < -0.3 is 10.1 Å². The Bertz CT molecular complexity index is 1110. The van der Waals surface area contributed by atoms with Crippen molar-refractivity contribution in [2.75, 3.05) is 12.4 Å². The van der Waals surface area contributed by atoms with Crippen LogP contribution in [0.3, 0.4) is 0 Å². The maximum Gasteiger partial charge on any atom is 0.341 e. The molecule has 4 nitrogen and oxygen atoms in total. The van der Waals surface area contributed by atoms with E-state index in [0.29, 0.717) is 22.0 Å². The number of methoxy groups -OCH3 is 1. The lowest BCUT2D eigenvalue weighted by atomic mass is 10.0. The predicted molar refractivity (Wildman–Crippen MR) is 124 cm³/mol. The molecule has 0 saturated carbocycles. The normalized spacial score (nSPS) is 11.2. The van der Waals surface area contributed by atoms with E-state index in [1.165, 1.54) is 42.2 Å². The zero-order valence-corrected chi connectivity index (χ0v) is 18.7. The Morgan fingerprint density at radius 2 is 1.71 bits per heavy atom. The van der Waals surface area contributed by atoms with Gasteiger partial charge in [-0.15, -0.1) is 11.3 Å². The molecule has 0 saturated heterocycles. The van der Waals surface area contributed by atoms with Crippen LogP contribution in [0.4, 0.5) is 9.39 Å². The molecule has 0 fully saturated rings. The molecule has 0 spiro atoms. The highest BCUT2D eigenvalue weighted by Crippen LogP contribution is 2.40. The molecule has 3 aromatic rings. The molecule has 3 rings (SSSR count). The van der Waals surface area contributed by atoms with Crippen molar-refractivity contribution in [1.82, 2.24) is 0 Å². The van der Waals surface area contributed by atoms with Crippen molar-refractivity contribution in [3.05, 3.63) is 82.0 Å². The maximum atomic E-state index is 13.3. The van der Waals surface area contributed by atoms with Gasteiger partial charge in [0.05, 0.1) is 7.11 Å². The van der Waals surface area contributed by atoms with Gasteiger partial charge in [0.25, 0.3) is 0 Å². The summed E-state index contributed by atoms with van der Waals surface area (Å²) in [6, 6.07) is 13.9. The molecule has 0 unspecified atom stereocenters. The van der Waals surface area contributed by atoms with Gasteiger partial charge in [-0.25, -0.2) is 9.18 Å². The van der Waals surface area contributed by atoms with Gasteiger partial charge in [0.2, 0.25) is 5.91 Å². The van der Waals surface area contributed by atoms with E-state index in [4.69, 9.17) is 4.74 Å². The Hall–Kier alpha value is -3.25. The maximum absolute atomic E-state index is 13.3. The fourth-order valence-electron chi connectivity index (χ4n) is 3.21. The Balaban J connectivity index is 1.86. The third kappa shape index (κ3) is 5.27. The number of carbonyl (C=O) groups excluding carboxylic acids is 2. The number of benzene rings is 2. The molecule has 0 bridgehead atoms. The van der Waals surface area contributed by atoms with E-state index in [-0.39, 0.29) is 17.3 Å². The van der Waals surface area contributed by atoms with E-state index < -0.39 is 5.97 Å². The zero-order chi connectivity index (χ0) is 22.5. The van der Waals surface area contributed by atoms with Crippen LogP contribution >= 0.6 is 11.3 Å². The van der Waals surface area contributed by atoms with E-state index in [1.54, 1.807) is 18.2 Å². The van der Waals surface area contributed by atoms with E-state index in [9.17, 15) is 14.0 Å². The average molecular weight is 438 g/mol. The van der Waals surface area contributed by atoms with Crippen LogP contribution in [0.2, 0.25) is 0 Å². The highest BCUT2D eigenvalue weighted by Gasteiger charge is 2.24. The molecule has 0 radical (unpaired) electrons. The minimum atomic E-state index is -0.563. The SMILES string of the molecule is COC(=O)c1c(NC(=O)/C=C/c2ccc(C(C)C)cc2)sc(C)c1-c1ccc(F)cc1. The van der Waals surface area contributed by atoms with Crippen molar-refractivity contribution < 1.29 is 18.7 Å². The number of ether oxygens (including phenoxy) is 1. The third-order valence-corrected chi connectivity index (χ3v) is 5.89. The second-order valence-corrected chi connectivity index (χ2v) is 8.60. The summed E-state index contributed by atoms with van der Waals surface area (Å²) >= 11 is 1.28. The molecule has 31 heavy (non-hydrogen) atoms. The van der Waals surface area contributed by atoms with E-state index in [0.717, 1.165) is 10.4 Å². The first-order valence-corrected chi connectivity index (χ1v) is 10.7. The van der Waals surface area contributed by atoms with Gasteiger partial charge in [-0.1, -0.05) is 50.2 Å². The van der Waals surface area contributed by atoms with Crippen molar-refractivity contribution in [1.29, 1.82) is 0 Å². The minimum Gasteiger partial charge on any atom is -0.465 e. The lowest BCUT2D eigenvalue weighted by Gasteiger charge is -2.07. The summed E-state index contributed by atoms with van der Waals surface area (Å²) in [6.45, 7) is 6.10. The monoisotopic (exact) mass is 437 g/mol. The summed E-state index contributed by atoms with van der Waals surface area (Å²) in [5, 5.41) is 3.18. The second-order valence-electron chi connectivity index (χ2n) is 7.38. The number of aryl methyl sites for hydroxylation is 1. The van der Waals surface area contributed by atoms with Crippen LogP contribution in [0.25, 0.3) is 17.2 Å². The molecule has 0 atom stereocenters. The molecule has 0 aliphatic heterocycles. The summed E-state index contributed by atoms with van der Waals surface area (Å²) in [7, 11) is 1.29. The average Bonchev–Trinajstić information content (AvgIpc) is 3.08. The summed E-state index contributed by atoms with van der Waals surface area (Å²) in [6.07, 6.45) is 3.15. The predicted octanol–water partition coefficient (Wildman–Crippen LogP) is 6.42. The molecule has 0 aliphatic rings. The molecule has 1 N–H and O–H groups in total. The molecular formula is C25H24FNO3S. The number of carbonyl (C=O) groups is 2. The molecule has 160 valence electrons. The van der Waals surface area contributed by atoms with Crippen LogP contribution in [0.1, 0.15) is 46.1 Å². The summed E-state index contributed by atoms with van der Waals surface area (Å²) in [5.41, 5.74) is 3.70. The van der Waals surface area contributed by atoms with E-state index in [2.05, 4.69) is 19.2 Å². The number of hydrogen-bond donors (Lipinski definition) is 1. The van der Waals surface area contributed by atoms with Crippen LogP contribution in [0.5, 0.6) is 0 Å². The Labute approximate surface area is 185 Å². The van der Waals surface area contributed by atoms with Crippen LogP contribution < -0.4 is 5.32 Å². The number of rotatable bonds is 6. The second kappa shape index (κ2) is 9.71. The Morgan fingerprint density at radius 3 is 2.29 bits per heavy atom. The number of esters is 1. The summed E-state index contributed by atoms with van der Waals surface area (Å²) < 4.78 is 18.3. The van der Waals surface area contributed by atoms with Gasteiger partial charge in [0.15, 0.2) is 0 Å². The van der Waals surface area contributed by atoms with Crippen molar-refractivity contribution in [3.63, 3.8) is 0 Å². The summed E-state index contributed by atoms with van der Waals surface area (Å²) in [4.78, 5) is 25.8. The van der Waals surface area contributed by atoms with Crippen molar-refractivity contribution >= 4 is 34.3 Å². The molecule has 1 heterocycles. The number of halogens is 1. The molecule has 1 amide bonds. The van der Waals surface area contributed by atoms with Gasteiger partial charge in [0, 0.05) is 16.5 Å². The van der Waals surface area contributed by atoms with Crippen molar-refractivity contribution in [2.24, 2.45) is 0 Å². The number of amides is 1. The van der Waals surface area contributed by atoms with Crippen molar-refractivity contribution in [2.45, 2.75) is 26.7 Å². The zero-order valence-electron chi connectivity index (χ0n) is 17.9. The van der Waals surface area contributed by atoms with E-state index in [1.807, 2.05) is 31.2 Å². The first-order valence-electron chi connectivity index (χ1n) is 9.86. The number of anilines is 1. The standard InChI is InChI=1S/C25H24FNO3S/c1-15(2)18-8-5-17(6-9-18)7-14-21(28)27-24-23(25(29)30-4)22(16(3)31-24)19-10-12-20(26)13-11-19/h5-15H,1-4H3,(H,27,28)/b14-7+. The molecule has 6 heteroatoms. The lowest BCUT2D eigenvalue weighted by Crippen LogP contribution is -2.11. The molecule has 1 aromatic heterocycles. The molecule has 0 aliphatic carbocycles. The minimum absolute atomic E-state index is 0.264. The molecule has 2 aromatic carbocycles. The van der Waals surface area contributed by atoms with Gasteiger partial charge in [0.1, 0.15) is 16.4 Å². The topological polar surface area (TPSA) is 55.4 Å². The van der Waals surface area contributed by atoms with Gasteiger partial charge in [-0.2, -0.15) is 0 Å².